The molecule has 0 radical (unpaired) electrons. The summed E-state index contributed by atoms with van der Waals surface area (Å²) in [5.74, 6) is -1.55. The van der Waals surface area contributed by atoms with Crippen LogP contribution in [0.1, 0.15) is 5.56 Å². The van der Waals surface area contributed by atoms with E-state index in [0.29, 0.717) is 5.56 Å². The van der Waals surface area contributed by atoms with Crippen molar-refractivity contribution in [3.63, 3.8) is 0 Å². The SMILES string of the molecule is CN(CC(=O)O)C(=O)OCc1cccc(F)c1. The summed E-state index contributed by atoms with van der Waals surface area (Å²) >= 11 is 0. The van der Waals surface area contributed by atoms with Crippen LogP contribution < -0.4 is 0 Å². The van der Waals surface area contributed by atoms with Gasteiger partial charge < -0.3 is 14.7 Å². The average Bonchev–Trinajstić information content (AvgIpc) is 2.25. The molecule has 1 N–H and O–H groups in total. The molecular formula is C11H12FNO4. The van der Waals surface area contributed by atoms with Gasteiger partial charge in [0, 0.05) is 7.05 Å². The molecular weight excluding hydrogens is 229 g/mol. The molecule has 0 aliphatic heterocycles. The van der Waals surface area contributed by atoms with E-state index < -0.39 is 24.4 Å². The van der Waals surface area contributed by atoms with Crippen molar-refractivity contribution >= 4 is 12.1 Å². The first kappa shape index (κ1) is 13.0. The van der Waals surface area contributed by atoms with E-state index in [0.717, 1.165) is 4.90 Å². The Balaban J connectivity index is 2.45. The van der Waals surface area contributed by atoms with Crippen LogP contribution >= 0.6 is 0 Å². The van der Waals surface area contributed by atoms with E-state index in [1.54, 1.807) is 6.07 Å². The molecule has 0 aliphatic rings. The van der Waals surface area contributed by atoms with Gasteiger partial charge in [0.15, 0.2) is 0 Å². The third-order valence-electron chi connectivity index (χ3n) is 1.94. The first-order chi connectivity index (χ1) is 7.99. The number of halogens is 1. The first-order valence-electron chi connectivity index (χ1n) is 4.83. The molecule has 0 aliphatic carbocycles. The van der Waals surface area contributed by atoms with Crippen LogP contribution in [0.15, 0.2) is 24.3 Å². The number of aliphatic carboxylic acids is 1. The Morgan fingerprint density at radius 3 is 2.76 bits per heavy atom. The topological polar surface area (TPSA) is 66.8 Å². The summed E-state index contributed by atoms with van der Waals surface area (Å²) in [5.41, 5.74) is 0.502. The minimum absolute atomic E-state index is 0.0967. The second-order valence-corrected chi connectivity index (χ2v) is 3.43. The average molecular weight is 241 g/mol. The third-order valence-corrected chi connectivity index (χ3v) is 1.94. The fraction of sp³-hybridized carbons (Fsp3) is 0.273. The van der Waals surface area contributed by atoms with Gasteiger partial charge in [-0.15, -0.1) is 0 Å². The minimum atomic E-state index is -1.13. The molecule has 0 bridgehead atoms. The predicted molar refractivity (Wildman–Crippen MR) is 56.9 cm³/mol. The molecule has 0 saturated heterocycles. The summed E-state index contributed by atoms with van der Waals surface area (Å²) in [4.78, 5) is 22.5. The van der Waals surface area contributed by atoms with Crippen molar-refractivity contribution in [2.24, 2.45) is 0 Å². The van der Waals surface area contributed by atoms with Crippen molar-refractivity contribution in [2.75, 3.05) is 13.6 Å². The fourth-order valence-corrected chi connectivity index (χ4v) is 1.15. The maximum Gasteiger partial charge on any atom is 0.410 e. The summed E-state index contributed by atoms with van der Waals surface area (Å²) in [7, 11) is 1.31. The highest BCUT2D eigenvalue weighted by molar-refractivity contribution is 5.76. The van der Waals surface area contributed by atoms with Crippen molar-refractivity contribution in [1.82, 2.24) is 4.90 Å². The van der Waals surface area contributed by atoms with Gasteiger partial charge in [-0.1, -0.05) is 12.1 Å². The van der Waals surface area contributed by atoms with E-state index in [9.17, 15) is 14.0 Å². The Hall–Kier alpha value is -2.11. The van der Waals surface area contributed by atoms with Gasteiger partial charge in [0.25, 0.3) is 0 Å². The normalized spacial score (nSPS) is 9.76. The van der Waals surface area contributed by atoms with Gasteiger partial charge in [-0.25, -0.2) is 9.18 Å². The van der Waals surface area contributed by atoms with Gasteiger partial charge >= 0.3 is 12.1 Å². The van der Waals surface area contributed by atoms with Gasteiger partial charge in [-0.3, -0.25) is 4.79 Å². The zero-order chi connectivity index (χ0) is 12.8. The van der Waals surface area contributed by atoms with Crippen molar-refractivity contribution in [3.8, 4) is 0 Å². The third kappa shape index (κ3) is 4.50. The zero-order valence-corrected chi connectivity index (χ0v) is 9.22. The Morgan fingerprint density at radius 1 is 1.47 bits per heavy atom. The number of hydrogen-bond donors (Lipinski definition) is 1. The molecule has 1 aromatic carbocycles. The van der Waals surface area contributed by atoms with E-state index in [1.165, 1.54) is 25.2 Å². The fourth-order valence-electron chi connectivity index (χ4n) is 1.15. The number of carbonyl (C=O) groups is 2. The molecule has 92 valence electrons. The summed E-state index contributed by atoms with van der Waals surface area (Å²) < 4.78 is 17.6. The monoisotopic (exact) mass is 241 g/mol. The molecule has 0 unspecified atom stereocenters. The molecule has 0 heterocycles. The Labute approximate surface area is 97.4 Å². The minimum Gasteiger partial charge on any atom is -0.480 e. The number of rotatable bonds is 4. The lowest BCUT2D eigenvalue weighted by molar-refractivity contribution is -0.137. The van der Waals surface area contributed by atoms with Gasteiger partial charge in [-0.05, 0) is 17.7 Å². The summed E-state index contributed by atoms with van der Waals surface area (Å²) in [5, 5.41) is 8.46. The van der Waals surface area contributed by atoms with E-state index in [-0.39, 0.29) is 6.61 Å². The number of carbonyl (C=O) groups excluding carboxylic acids is 1. The van der Waals surface area contributed by atoms with Gasteiger partial charge in [0.1, 0.15) is 19.0 Å². The molecule has 1 amide bonds. The smallest absolute Gasteiger partial charge is 0.410 e. The molecule has 0 spiro atoms. The van der Waals surface area contributed by atoms with Crippen LogP contribution in [-0.2, 0) is 16.1 Å². The molecule has 0 saturated carbocycles. The van der Waals surface area contributed by atoms with Gasteiger partial charge in [-0.2, -0.15) is 0 Å². The van der Waals surface area contributed by atoms with E-state index in [1.807, 2.05) is 0 Å². The van der Waals surface area contributed by atoms with Crippen LogP contribution in [0, 0.1) is 5.82 Å². The number of benzene rings is 1. The van der Waals surface area contributed by atoms with Crippen LogP contribution in [0.2, 0.25) is 0 Å². The van der Waals surface area contributed by atoms with Crippen molar-refractivity contribution in [2.45, 2.75) is 6.61 Å². The highest BCUT2D eigenvalue weighted by Gasteiger charge is 2.13. The standard InChI is InChI=1S/C11H12FNO4/c1-13(6-10(14)15)11(16)17-7-8-3-2-4-9(12)5-8/h2-5H,6-7H2,1H3,(H,14,15). The molecule has 0 fully saturated rings. The zero-order valence-electron chi connectivity index (χ0n) is 9.22. The maximum absolute atomic E-state index is 12.8. The molecule has 1 aromatic rings. The largest absolute Gasteiger partial charge is 0.480 e. The number of amides is 1. The highest BCUT2D eigenvalue weighted by Crippen LogP contribution is 2.05. The van der Waals surface area contributed by atoms with Crippen LogP contribution in [0.3, 0.4) is 0 Å². The van der Waals surface area contributed by atoms with Crippen LogP contribution in [0.25, 0.3) is 0 Å². The number of carboxylic acid groups (broad SMARTS) is 1. The first-order valence-corrected chi connectivity index (χ1v) is 4.83. The Morgan fingerprint density at radius 2 is 2.18 bits per heavy atom. The number of likely N-dealkylation sites (N-methyl/N-ethyl adjacent to an activating group) is 1. The van der Waals surface area contributed by atoms with Crippen molar-refractivity contribution < 1.29 is 23.8 Å². The Kier molecular flexibility index (Phi) is 4.45. The maximum atomic E-state index is 12.8. The van der Waals surface area contributed by atoms with Crippen molar-refractivity contribution in [1.29, 1.82) is 0 Å². The van der Waals surface area contributed by atoms with E-state index >= 15 is 0 Å². The van der Waals surface area contributed by atoms with Crippen LogP contribution in [-0.4, -0.2) is 35.7 Å². The molecule has 1 rings (SSSR count). The number of nitrogens with zero attached hydrogens (tertiary/aromatic N) is 1. The molecule has 0 aromatic heterocycles. The summed E-state index contributed by atoms with van der Waals surface area (Å²) in [6.07, 6.45) is -0.767. The number of carboxylic acids is 1. The number of ether oxygens (including phenoxy) is 1. The summed E-state index contributed by atoms with van der Waals surface area (Å²) in [6, 6.07) is 5.62. The Bertz CT molecular complexity index is 422. The molecule has 5 nitrogen and oxygen atoms in total. The van der Waals surface area contributed by atoms with Crippen molar-refractivity contribution in [3.05, 3.63) is 35.6 Å². The second-order valence-electron chi connectivity index (χ2n) is 3.43. The lowest BCUT2D eigenvalue weighted by Gasteiger charge is -2.14. The molecule has 0 atom stereocenters. The molecule has 6 heteroatoms. The van der Waals surface area contributed by atoms with E-state index in [2.05, 4.69) is 0 Å². The quantitative estimate of drug-likeness (QED) is 0.867. The van der Waals surface area contributed by atoms with Gasteiger partial charge in [0.2, 0.25) is 0 Å². The highest BCUT2D eigenvalue weighted by atomic mass is 19.1. The molecule has 17 heavy (non-hydrogen) atoms. The van der Waals surface area contributed by atoms with Crippen LogP contribution in [0.4, 0.5) is 9.18 Å². The number of hydrogen-bond acceptors (Lipinski definition) is 3. The lowest BCUT2D eigenvalue weighted by atomic mass is 10.2. The van der Waals surface area contributed by atoms with E-state index in [4.69, 9.17) is 9.84 Å². The summed E-state index contributed by atoms with van der Waals surface area (Å²) in [6.45, 7) is -0.539. The van der Waals surface area contributed by atoms with Gasteiger partial charge in [0.05, 0.1) is 0 Å². The second kappa shape index (κ2) is 5.83. The van der Waals surface area contributed by atoms with Crippen LogP contribution in [0.5, 0.6) is 0 Å². The predicted octanol–water partition coefficient (Wildman–Crippen LogP) is 1.48. The lowest BCUT2D eigenvalue weighted by Crippen LogP contribution is -2.32.